The van der Waals surface area contributed by atoms with Crippen molar-refractivity contribution in [2.75, 3.05) is 6.61 Å². The van der Waals surface area contributed by atoms with E-state index in [9.17, 15) is 9.59 Å². The van der Waals surface area contributed by atoms with Crippen molar-refractivity contribution in [3.63, 3.8) is 0 Å². The molecule has 1 aliphatic rings. The first-order chi connectivity index (χ1) is 14.0. The van der Waals surface area contributed by atoms with Gasteiger partial charge in [0.1, 0.15) is 11.3 Å². The third-order valence-electron chi connectivity index (χ3n) is 5.54. The van der Waals surface area contributed by atoms with Crippen molar-refractivity contribution in [3.8, 4) is 5.75 Å². The first kappa shape index (κ1) is 19.2. The van der Waals surface area contributed by atoms with E-state index in [4.69, 9.17) is 9.15 Å². The van der Waals surface area contributed by atoms with Crippen molar-refractivity contribution in [2.45, 2.75) is 45.6 Å². The summed E-state index contributed by atoms with van der Waals surface area (Å²) in [5.41, 5.74) is 4.85. The lowest BCUT2D eigenvalue weighted by Gasteiger charge is -2.20. The number of amides is 1. The molecule has 1 heterocycles. The zero-order valence-corrected chi connectivity index (χ0v) is 16.8. The molecule has 0 spiro atoms. The van der Waals surface area contributed by atoms with Crippen molar-refractivity contribution in [1.29, 1.82) is 0 Å². The topological polar surface area (TPSA) is 68.5 Å². The second-order valence-corrected chi connectivity index (χ2v) is 7.72. The molecule has 3 aromatic rings. The summed E-state index contributed by atoms with van der Waals surface area (Å²) in [7, 11) is 0. The maximum absolute atomic E-state index is 12.4. The molecule has 1 atom stereocenters. The standard InChI is InChI=1S/C24H25NO4/c1-15-11-24(27)29-22-13-20(9-10-21(15)22)28-14-23(26)25-16(2)18-8-7-17-5-3-4-6-19(17)12-18/h7-13,16H,3-6,14H2,1-2H3,(H,25,26)/t16-/m0/s1. The van der Waals surface area contributed by atoms with Gasteiger partial charge in [-0.05, 0) is 73.9 Å². The summed E-state index contributed by atoms with van der Waals surface area (Å²) in [5, 5.41) is 3.84. The number of rotatable bonds is 5. The fraction of sp³-hybridized carbons (Fsp3) is 0.333. The van der Waals surface area contributed by atoms with Gasteiger partial charge in [0.25, 0.3) is 5.91 Å². The normalized spacial score (nSPS) is 14.3. The summed E-state index contributed by atoms with van der Waals surface area (Å²) in [6.07, 6.45) is 4.75. The van der Waals surface area contributed by atoms with Crippen LogP contribution in [0.3, 0.4) is 0 Å². The second-order valence-electron chi connectivity index (χ2n) is 7.72. The highest BCUT2D eigenvalue weighted by molar-refractivity contribution is 5.82. The van der Waals surface area contributed by atoms with E-state index in [0.29, 0.717) is 11.3 Å². The molecule has 5 nitrogen and oxygen atoms in total. The Hall–Kier alpha value is -3.08. The van der Waals surface area contributed by atoms with E-state index >= 15 is 0 Å². The smallest absolute Gasteiger partial charge is 0.336 e. The van der Waals surface area contributed by atoms with Crippen molar-refractivity contribution in [2.24, 2.45) is 0 Å². The van der Waals surface area contributed by atoms with E-state index in [1.807, 2.05) is 19.9 Å². The van der Waals surface area contributed by atoms with Crippen LogP contribution in [0.4, 0.5) is 0 Å². The third kappa shape index (κ3) is 4.34. The molecule has 1 N–H and O–H groups in total. The Morgan fingerprint density at radius 1 is 1.10 bits per heavy atom. The average molecular weight is 391 g/mol. The van der Waals surface area contributed by atoms with Crippen LogP contribution >= 0.6 is 0 Å². The Balaban J connectivity index is 1.38. The van der Waals surface area contributed by atoms with Gasteiger partial charge in [-0.2, -0.15) is 0 Å². The molecule has 1 aliphatic carbocycles. The van der Waals surface area contributed by atoms with Gasteiger partial charge in [-0.3, -0.25) is 4.79 Å². The maximum atomic E-state index is 12.4. The zero-order chi connectivity index (χ0) is 20.4. The monoisotopic (exact) mass is 391 g/mol. The molecule has 0 unspecified atom stereocenters. The number of hydrogen-bond acceptors (Lipinski definition) is 4. The number of fused-ring (bicyclic) bond motifs is 2. The van der Waals surface area contributed by atoms with Gasteiger partial charge in [-0.15, -0.1) is 0 Å². The number of ether oxygens (including phenoxy) is 1. The molecule has 5 heteroatoms. The van der Waals surface area contributed by atoms with E-state index in [0.717, 1.165) is 29.4 Å². The predicted octanol–water partition coefficient (Wildman–Crippen LogP) is 4.24. The van der Waals surface area contributed by atoms with Gasteiger partial charge < -0.3 is 14.5 Å². The molecule has 1 amide bonds. The first-order valence-electron chi connectivity index (χ1n) is 10.1. The zero-order valence-electron chi connectivity index (χ0n) is 16.8. The summed E-state index contributed by atoms with van der Waals surface area (Å²) >= 11 is 0. The van der Waals surface area contributed by atoms with Crippen molar-refractivity contribution in [3.05, 3.63) is 75.1 Å². The molecule has 4 rings (SSSR count). The Bertz CT molecular complexity index is 1120. The van der Waals surface area contributed by atoms with Crippen LogP contribution in [0.1, 0.15) is 48.1 Å². The molecule has 150 valence electrons. The highest BCUT2D eigenvalue weighted by atomic mass is 16.5. The average Bonchev–Trinajstić information content (AvgIpc) is 2.71. The lowest BCUT2D eigenvalue weighted by Crippen LogP contribution is -2.31. The van der Waals surface area contributed by atoms with Crippen LogP contribution in [0.2, 0.25) is 0 Å². The van der Waals surface area contributed by atoms with Crippen LogP contribution in [-0.4, -0.2) is 12.5 Å². The Labute approximate surface area is 169 Å². The molecule has 0 radical (unpaired) electrons. The van der Waals surface area contributed by atoms with Crippen LogP contribution in [-0.2, 0) is 17.6 Å². The minimum Gasteiger partial charge on any atom is -0.484 e. The third-order valence-corrected chi connectivity index (χ3v) is 5.54. The number of carbonyl (C=O) groups excluding carboxylic acids is 1. The van der Waals surface area contributed by atoms with Crippen LogP contribution in [0, 0.1) is 6.92 Å². The van der Waals surface area contributed by atoms with Crippen molar-refractivity contribution < 1.29 is 13.9 Å². The Kier molecular flexibility index (Phi) is 5.38. The summed E-state index contributed by atoms with van der Waals surface area (Å²) in [5.74, 6) is 0.295. The number of aryl methyl sites for hydroxylation is 3. The van der Waals surface area contributed by atoms with Crippen LogP contribution < -0.4 is 15.7 Å². The highest BCUT2D eigenvalue weighted by Crippen LogP contribution is 2.25. The molecular formula is C24H25NO4. The van der Waals surface area contributed by atoms with Gasteiger partial charge in [0.15, 0.2) is 6.61 Å². The van der Waals surface area contributed by atoms with Gasteiger partial charge in [0.05, 0.1) is 6.04 Å². The fourth-order valence-electron chi connectivity index (χ4n) is 3.93. The van der Waals surface area contributed by atoms with Crippen LogP contribution in [0.25, 0.3) is 11.0 Å². The largest absolute Gasteiger partial charge is 0.484 e. The number of nitrogens with one attached hydrogen (secondary N) is 1. The van der Waals surface area contributed by atoms with Gasteiger partial charge in [0, 0.05) is 17.5 Å². The number of benzene rings is 2. The Morgan fingerprint density at radius 3 is 2.72 bits per heavy atom. The van der Waals surface area contributed by atoms with Crippen molar-refractivity contribution in [1.82, 2.24) is 5.32 Å². The quantitative estimate of drug-likeness (QED) is 0.661. The lowest BCUT2D eigenvalue weighted by molar-refractivity contribution is -0.123. The molecule has 0 saturated carbocycles. The molecule has 29 heavy (non-hydrogen) atoms. The minimum atomic E-state index is -0.399. The summed E-state index contributed by atoms with van der Waals surface area (Å²) in [6.45, 7) is 3.74. The predicted molar refractivity (Wildman–Crippen MR) is 112 cm³/mol. The summed E-state index contributed by atoms with van der Waals surface area (Å²) < 4.78 is 10.8. The highest BCUT2D eigenvalue weighted by Gasteiger charge is 2.14. The molecule has 0 fully saturated rings. The van der Waals surface area contributed by atoms with Crippen LogP contribution in [0.5, 0.6) is 5.75 Å². The van der Waals surface area contributed by atoms with Gasteiger partial charge in [-0.1, -0.05) is 18.2 Å². The Morgan fingerprint density at radius 2 is 1.90 bits per heavy atom. The summed E-state index contributed by atoms with van der Waals surface area (Å²) in [6, 6.07) is 13.1. The molecule has 1 aromatic heterocycles. The fourth-order valence-corrected chi connectivity index (χ4v) is 3.93. The first-order valence-corrected chi connectivity index (χ1v) is 10.1. The van der Waals surface area contributed by atoms with E-state index < -0.39 is 5.63 Å². The second kappa shape index (κ2) is 8.11. The maximum Gasteiger partial charge on any atom is 0.336 e. The van der Waals surface area contributed by atoms with E-state index in [2.05, 4.69) is 23.5 Å². The van der Waals surface area contributed by atoms with E-state index in [1.165, 1.54) is 30.0 Å². The molecule has 0 saturated heterocycles. The number of carbonyl (C=O) groups is 1. The molecule has 2 aromatic carbocycles. The van der Waals surface area contributed by atoms with Gasteiger partial charge >= 0.3 is 5.63 Å². The molecule has 0 aliphatic heterocycles. The molecule has 0 bridgehead atoms. The summed E-state index contributed by atoms with van der Waals surface area (Å²) in [4.78, 5) is 23.9. The van der Waals surface area contributed by atoms with Crippen molar-refractivity contribution >= 4 is 16.9 Å². The van der Waals surface area contributed by atoms with E-state index in [-0.39, 0.29) is 18.6 Å². The van der Waals surface area contributed by atoms with E-state index in [1.54, 1.807) is 12.1 Å². The SMILES string of the molecule is Cc1cc(=O)oc2cc(OCC(=O)N[C@@H](C)c3ccc4c(c3)CCCC4)ccc12. The van der Waals surface area contributed by atoms with Crippen LogP contribution in [0.15, 0.2) is 51.7 Å². The molecular weight excluding hydrogens is 366 g/mol. The van der Waals surface area contributed by atoms with Gasteiger partial charge in [-0.25, -0.2) is 4.79 Å². The number of hydrogen-bond donors (Lipinski definition) is 1. The minimum absolute atomic E-state index is 0.0874. The lowest BCUT2D eigenvalue weighted by atomic mass is 9.89. The van der Waals surface area contributed by atoms with Gasteiger partial charge in [0.2, 0.25) is 0 Å².